The molecule has 1 N–H and O–H groups in total. The topological polar surface area (TPSA) is 106 Å². The molecule has 140 valence electrons. The van der Waals surface area contributed by atoms with Gasteiger partial charge < -0.3 is 10.3 Å². The molecular formula is C20H13N2NaO5S. The van der Waals surface area contributed by atoms with Crippen molar-refractivity contribution < 1.29 is 52.8 Å². The maximum atomic E-state index is 11.7. The van der Waals surface area contributed by atoms with Gasteiger partial charge in [-0.2, -0.15) is 8.42 Å². The van der Waals surface area contributed by atoms with Crippen molar-refractivity contribution in [2.45, 2.75) is 4.90 Å². The average molecular weight is 416 g/mol. The van der Waals surface area contributed by atoms with Crippen molar-refractivity contribution in [2.24, 2.45) is 0 Å². The quantitative estimate of drug-likeness (QED) is 0.271. The number of nitrogens with zero attached hydrogens (tertiary/aromatic N) is 2. The maximum absolute atomic E-state index is 11.7. The summed E-state index contributed by atoms with van der Waals surface area (Å²) in [5.41, 5.74) is 2.00. The summed E-state index contributed by atoms with van der Waals surface area (Å²) >= 11 is 0. The summed E-state index contributed by atoms with van der Waals surface area (Å²) in [4.78, 5) is 9.16. The van der Waals surface area contributed by atoms with Crippen LogP contribution in [0.25, 0.3) is 44.7 Å². The Morgan fingerprint density at radius 2 is 1.41 bits per heavy atom. The summed E-state index contributed by atoms with van der Waals surface area (Å²) < 4.78 is 44.0. The van der Waals surface area contributed by atoms with Crippen LogP contribution in [0.3, 0.4) is 0 Å². The van der Waals surface area contributed by atoms with Crippen LogP contribution in [0.5, 0.6) is 0 Å². The fourth-order valence-corrected chi connectivity index (χ4v) is 3.90. The Balaban J connectivity index is 0.00000128. The molecule has 5 rings (SSSR count). The van der Waals surface area contributed by atoms with Crippen molar-refractivity contribution in [3.63, 3.8) is 0 Å². The van der Waals surface area contributed by atoms with E-state index in [0.29, 0.717) is 44.7 Å². The molecule has 0 radical (unpaired) electrons. The summed E-state index contributed by atoms with van der Waals surface area (Å²) in [6.45, 7) is 0. The van der Waals surface area contributed by atoms with Crippen LogP contribution in [-0.4, -0.2) is 22.9 Å². The molecule has 29 heavy (non-hydrogen) atoms. The first kappa shape index (κ1) is 19.8. The van der Waals surface area contributed by atoms with E-state index in [1.165, 1.54) is 12.3 Å². The predicted molar refractivity (Wildman–Crippen MR) is 103 cm³/mol. The van der Waals surface area contributed by atoms with Crippen LogP contribution >= 0.6 is 0 Å². The molecule has 0 saturated heterocycles. The molecule has 0 fully saturated rings. The van der Waals surface area contributed by atoms with Gasteiger partial charge in [-0.05, 0) is 47.9 Å². The van der Waals surface area contributed by atoms with Gasteiger partial charge in [0.15, 0.2) is 11.5 Å². The molecule has 5 aromatic rings. The molecule has 3 aromatic heterocycles. The Kier molecular flexibility index (Phi) is 5.05. The van der Waals surface area contributed by atoms with E-state index in [4.69, 9.17) is 8.83 Å². The van der Waals surface area contributed by atoms with E-state index < -0.39 is 10.1 Å². The molecule has 7 nitrogen and oxygen atoms in total. The largest absolute Gasteiger partial charge is 1.00 e. The Labute approximate surface area is 188 Å². The summed E-state index contributed by atoms with van der Waals surface area (Å²) in [6, 6.07) is 15.0. The third-order valence-corrected chi connectivity index (χ3v) is 5.32. The first-order chi connectivity index (χ1) is 13.5. The third kappa shape index (κ3) is 3.50. The zero-order valence-electron chi connectivity index (χ0n) is 16.2. The van der Waals surface area contributed by atoms with Crippen molar-refractivity contribution >= 4 is 31.9 Å². The van der Waals surface area contributed by atoms with Crippen LogP contribution in [0.1, 0.15) is 1.43 Å². The zero-order chi connectivity index (χ0) is 19.3. The molecule has 0 aliphatic rings. The first-order valence-electron chi connectivity index (χ1n) is 8.30. The van der Waals surface area contributed by atoms with Gasteiger partial charge in [-0.1, -0.05) is 12.1 Å². The monoisotopic (exact) mass is 416 g/mol. The summed E-state index contributed by atoms with van der Waals surface area (Å²) in [7, 11) is -4.38. The standard InChI is InChI=1S/C20H12N2O5S.Na.H/c23-28(24,25)18-7-1-4-12-10-14-15(11-13(12)18)22-20(17-6-3-9-27-17)19(21-14)16-5-2-8-26-16;;/h1-11H,(H,23,24,25);;/q;+1;-1. The number of fused-ring (bicyclic) bond motifs is 2. The minimum atomic E-state index is -4.38. The maximum Gasteiger partial charge on any atom is 1.00 e. The van der Waals surface area contributed by atoms with E-state index in [0.717, 1.165) is 0 Å². The second-order valence-corrected chi connectivity index (χ2v) is 7.56. The van der Waals surface area contributed by atoms with Crippen LogP contribution in [0, 0.1) is 0 Å². The number of rotatable bonds is 3. The Morgan fingerprint density at radius 3 is 1.93 bits per heavy atom. The van der Waals surface area contributed by atoms with Crippen molar-refractivity contribution in [2.75, 3.05) is 0 Å². The normalized spacial score (nSPS) is 11.6. The van der Waals surface area contributed by atoms with Crippen LogP contribution in [0.15, 0.2) is 80.9 Å². The summed E-state index contributed by atoms with van der Waals surface area (Å²) in [5.74, 6) is 1.04. The second kappa shape index (κ2) is 7.40. The molecular weight excluding hydrogens is 403 g/mol. The van der Waals surface area contributed by atoms with Crippen LogP contribution in [0.2, 0.25) is 0 Å². The van der Waals surface area contributed by atoms with Gasteiger partial charge in [0, 0.05) is 5.39 Å². The van der Waals surface area contributed by atoms with E-state index in [2.05, 4.69) is 9.97 Å². The molecule has 0 saturated carbocycles. The molecule has 3 heterocycles. The Bertz CT molecular complexity index is 1440. The van der Waals surface area contributed by atoms with Crippen molar-refractivity contribution in [3.8, 4) is 22.9 Å². The smallest absolute Gasteiger partial charge is 1.00 e. The van der Waals surface area contributed by atoms with E-state index in [-0.39, 0.29) is 35.9 Å². The summed E-state index contributed by atoms with van der Waals surface area (Å²) in [5, 5.41) is 0.982. The van der Waals surface area contributed by atoms with Crippen molar-refractivity contribution in [1.29, 1.82) is 0 Å². The van der Waals surface area contributed by atoms with Gasteiger partial charge in [-0.15, -0.1) is 0 Å². The zero-order valence-corrected chi connectivity index (χ0v) is 18.1. The molecule has 9 heteroatoms. The van der Waals surface area contributed by atoms with E-state index in [1.807, 2.05) is 0 Å². The van der Waals surface area contributed by atoms with Gasteiger partial charge in [-0.25, -0.2) is 9.97 Å². The molecule has 0 amide bonds. The Morgan fingerprint density at radius 1 is 0.828 bits per heavy atom. The van der Waals surface area contributed by atoms with Crippen molar-refractivity contribution in [3.05, 3.63) is 67.1 Å². The van der Waals surface area contributed by atoms with Gasteiger partial charge in [0.25, 0.3) is 10.1 Å². The Hall–Kier alpha value is -2.49. The minimum absolute atomic E-state index is 0. The predicted octanol–water partition coefficient (Wildman–Crippen LogP) is 1.67. The average Bonchev–Trinajstić information content (AvgIpc) is 3.37. The molecule has 0 aliphatic heterocycles. The fourth-order valence-electron chi connectivity index (χ4n) is 3.19. The minimum Gasteiger partial charge on any atom is -1.00 e. The molecule has 0 unspecified atom stereocenters. The number of furan rings is 2. The molecule has 0 aliphatic carbocycles. The molecule has 2 aromatic carbocycles. The first-order valence-corrected chi connectivity index (χ1v) is 9.74. The van der Waals surface area contributed by atoms with Crippen LogP contribution in [-0.2, 0) is 10.1 Å². The number of benzene rings is 2. The second-order valence-electron chi connectivity index (χ2n) is 6.17. The van der Waals surface area contributed by atoms with E-state index in [1.54, 1.807) is 54.8 Å². The number of aromatic nitrogens is 2. The molecule has 0 bridgehead atoms. The molecule has 0 atom stereocenters. The van der Waals surface area contributed by atoms with E-state index in [9.17, 15) is 13.0 Å². The SMILES string of the molecule is O=S(=O)(O)c1cccc2cc3nc(-c4ccco4)c(-c4ccco4)nc3cc12.[H-].[Na+]. The van der Waals surface area contributed by atoms with Gasteiger partial charge >= 0.3 is 29.6 Å². The number of hydrogen-bond acceptors (Lipinski definition) is 6. The van der Waals surface area contributed by atoms with Gasteiger partial charge in [0.05, 0.1) is 23.6 Å². The van der Waals surface area contributed by atoms with Crippen LogP contribution in [0.4, 0.5) is 0 Å². The van der Waals surface area contributed by atoms with Crippen molar-refractivity contribution in [1.82, 2.24) is 9.97 Å². The molecule has 0 spiro atoms. The van der Waals surface area contributed by atoms with Gasteiger partial charge in [-0.3, -0.25) is 4.55 Å². The summed E-state index contributed by atoms with van der Waals surface area (Å²) in [6.07, 6.45) is 3.08. The third-order valence-electron chi connectivity index (χ3n) is 4.41. The fraction of sp³-hybridized carbons (Fsp3) is 0. The number of hydrogen-bond donors (Lipinski definition) is 1. The van der Waals surface area contributed by atoms with E-state index >= 15 is 0 Å². The van der Waals surface area contributed by atoms with Crippen LogP contribution < -0.4 is 29.6 Å². The van der Waals surface area contributed by atoms with Gasteiger partial charge in [0.2, 0.25) is 0 Å². The van der Waals surface area contributed by atoms with Gasteiger partial charge in [0.1, 0.15) is 16.3 Å².